The molecule has 1 fully saturated rings. The average molecular weight is 420 g/mol. The van der Waals surface area contributed by atoms with Crippen molar-refractivity contribution in [3.8, 4) is 0 Å². The number of nitrogens with zero attached hydrogens (tertiary/aromatic N) is 3. The number of aliphatic imine (C=N–C) groups is 1. The topological polar surface area (TPSA) is 85.9 Å². The summed E-state index contributed by atoms with van der Waals surface area (Å²) < 4.78 is 5.56. The van der Waals surface area contributed by atoms with Crippen LogP contribution in [0.5, 0.6) is 0 Å². The molecule has 0 saturated carbocycles. The molecule has 2 aromatic rings. The van der Waals surface area contributed by atoms with Crippen LogP contribution in [0.3, 0.4) is 0 Å². The van der Waals surface area contributed by atoms with Gasteiger partial charge < -0.3 is 25.1 Å². The number of thiazole rings is 1. The highest BCUT2D eigenvalue weighted by molar-refractivity contribution is 7.13. The van der Waals surface area contributed by atoms with Crippen LogP contribution in [0.15, 0.2) is 20.9 Å². The van der Waals surface area contributed by atoms with E-state index in [1.807, 2.05) is 26.8 Å². The van der Waals surface area contributed by atoms with Crippen LogP contribution in [0.25, 0.3) is 0 Å². The molecule has 3 heterocycles. The molecule has 0 bridgehead atoms. The van der Waals surface area contributed by atoms with Gasteiger partial charge in [-0.15, -0.1) is 11.3 Å². The van der Waals surface area contributed by atoms with Crippen LogP contribution in [0, 0.1) is 13.8 Å². The Morgan fingerprint density at radius 2 is 2.10 bits per heavy atom. The SMILES string of the molecule is CCNC(=NCC(C)(O)c1cc(C)oc1C)NCCc1csc(N2CCCC2)n1. The molecule has 0 radical (unpaired) electrons. The summed E-state index contributed by atoms with van der Waals surface area (Å²) in [7, 11) is 0. The number of rotatable bonds is 8. The van der Waals surface area contributed by atoms with E-state index in [9.17, 15) is 5.11 Å². The van der Waals surface area contributed by atoms with Crippen molar-refractivity contribution in [1.82, 2.24) is 15.6 Å². The summed E-state index contributed by atoms with van der Waals surface area (Å²) >= 11 is 1.73. The smallest absolute Gasteiger partial charge is 0.191 e. The summed E-state index contributed by atoms with van der Waals surface area (Å²) in [5.74, 6) is 2.22. The fraction of sp³-hybridized carbons (Fsp3) is 0.619. The standard InChI is InChI=1S/C21H33N5O2S/c1-5-22-19(24-14-21(4,27)18-12-15(2)28-16(18)3)23-9-8-17-13-29-20(25-17)26-10-6-7-11-26/h12-13,27H,5-11,14H2,1-4H3,(H2,22,23,24). The molecular weight excluding hydrogens is 386 g/mol. The maximum absolute atomic E-state index is 10.9. The summed E-state index contributed by atoms with van der Waals surface area (Å²) in [6, 6.07) is 1.88. The number of aliphatic hydroxyl groups is 1. The number of hydrogen-bond acceptors (Lipinski definition) is 6. The van der Waals surface area contributed by atoms with E-state index >= 15 is 0 Å². The molecule has 1 unspecified atom stereocenters. The minimum absolute atomic E-state index is 0.248. The van der Waals surface area contributed by atoms with Crippen LogP contribution in [-0.2, 0) is 12.0 Å². The maximum Gasteiger partial charge on any atom is 0.191 e. The quantitative estimate of drug-likeness (QED) is 0.451. The maximum atomic E-state index is 10.9. The average Bonchev–Trinajstić information content (AvgIpc) is 3.40. The summed E-state index contributed by atoms with van der Waals surface area (Å²) in [6.45, 7) is 11.5. The summed E-state index contributed by atoms with van der Waals surface area (Å²) in [5.41, 5.74) is 0.812. The van der Waals surface area contributed by atoms with Crippen molar-refractivity contribution in [2.45, 2.75) is 52.6 Å². The molecule has 0 spiro atoms. The van der Waals surface area contributed by atoms with E-state index in [0.29, 0.717) is 5.96 Å². The van der Waals surface area contributed by atoms with E-state index in [4.69, 9.17) is 9.40 Å². The first kappa shape index (κ1) is 21.6. The molecule has 1 atom stereocenters. The van der Waals surface area contributed by atoms with E-state index in [2.05, 4.69) is 25.9 Å². The lowest BCUT2D eigenvalue weighted by molar-refractivity contribution is 0.0657. The number of hydrogen-bond donors (Lipinski definition) is 3. The van der Waals surface area contributed by atoms with Crippen LogP contribution < -0.4 is 15.5 Å². The fourth-order valence-corrected chi connectivity index (χ4v) is 4.51. The molecule has 1 aliphatic heterocycles. The van der Waals surface area contributed by atoms with E-state index in [1.165, 1.54) is 12.8 Å². The lowest BCUT2D eigenvalue weighted by Gasteiger charge is -2.21. The third-order valence-corrected chi connectivity index (χ3v) is 6.05. The van der Waals surface area contributed by atoms with Gasteiger partial charge in [-0.2, -0.15) is 0 Å². The molecule has 3 N–H and O–H groups in total. The Bertz CT molecular complexity index is 821. The Balaban J connectivity index is 1.54. The van der Waals surface area contributed by atoms with Crippen molar-refractivity contribution in [2.24, 2.45) is 4.99 Å². The minimum atomic E-state index is -1.08. The second-order valence-corrected chi connectivity index (χ2v) is 8.62. The van der Waals surface area contributed by atoms with Crippen molar-refractivity contribution in [3.63, 3.8) is 0 Å². The van der Waals surface area contributed by atoms with E-state index in [-0.39, 0.29) is 6.54 Å². The predicted octanol–water partition coefficient (Wildman–Crippen LogP) is 2.96. The summed E-state index contributed by atoms with van der Waals surface area (Å²) in [5, 5.41) is 20.7. The second kappa shape index (κ2) is 9.63. The molecule has 8 heteroatoms. The van der Waals surface area contributed by atoms with E-state index in [0.717, 1.165) is 60.5 Å². The molecule has 0 aliphatic carbocycles. The predicted molar refractivity (Wildman–Crippen MR) is 119 cm³/mol. The molecule has 160 valence electrons. The zero-order valence-electron chi connectivity index (χ0n) is 17.9. The minimum Gasteiger partial charge on any atom is -0.466 e. The molecule has 7 nitrogen and oxygen atoms in total. The van der Waals surface area contributed by atoms with Crippen molar-refractivity contribution < 1.29 is 9.52 Å². The molecule has 2 aromatic heterocycles. The van der Waals surface area contributed by atoms with Crippen molar-refractivity contribution in [1.29, 1.82) is 0 Å². The third kappa shape index (κ3) is 5.73. The molecule has 1 saturated heterocycles. The number of furan rings is 1. The van der Waals surface area contributed by atoms with Crippen molar-refractivity contribution in [3.05, 3.63) is 34.2 Å². The summed E-state index contributed by atoms with van der Waals surface area (Å²) in [6.07, 6.45) is 3.37. The lowest BCUT2D eigenvalue weighted by atomic mass is 9.96. The fourth-order valence-electron chi connectivity index (χ4n) is 3.60. The molecule has 3 rings (SSSR count). The zero-order valence-corrected chi connectivity index (χ0v) is 18.7. The molecule has 0 amide bonds. The number of aromatic nitrogens is 1. The number of aryl methyl sites for hydroxylation is 2. The van der Waals surface area contributed by atoms with Crippen molar-refractivity contribution >= 4 is 22.4 Å². The van der Waals surface area contributed by atoms with Crippen LogP contribution in [-0.4, -0.2) is 48.8 Å². The van der Waals surface area contributed by atoms with Gasteiger partial charge in [-0.25, -0.2) is 9.98 Å². The van der Waals surface area contributed by atoms with E-state index < -0.39 is 5.60 Å². The monoisotopic (exact) mass is 419 g/mol. The largest absolute Gasteiger partial charge is 0.466 e. The van der Waals surface area contributed by atoms with Gasteiger partial charge >= 0.3 is 0 Å². The van der Waals surface area contributed by atoms with Gasteiger partial charge in [-0.1, -0.05) is 0 Å². The van der Waals surface area contributed by atoms with Crippen LogP contribution in [0.2, 0.25) is 0 Å². The number of guanidine groups is 1. The Morgan fingerprint density at radius 1 is 1.34 bits per heavy atom. The number of anilines is 1. The Kier molecular flexibility index (Phi) is 7.18. The Morgan fingerprint density at radius 3 is 2.76 bits per heavy atom. The van der Waals surface area contributed by atoms with Gasteiger partial charge in [0.15, 0.2) is 11.1 Å². The van der Waals surface area contributed by atoms with Gasteiger partial charge in [0.05, 0.1) is 12.2 Å². The van der Waals surface area contributed by atoms with Gasteiger partial charge in [-0.3, -0.25) is 0 Å². The normalized spacial score (nSPS) is 16.9. The first-order chi connectivity index (χ1) is 13.9. The summed E-state index contributed by atoms with van der Waals surface area (Å²) in [4.78, 5) is 11.7. The Labute approximate surface area is 177 Å². The highest BCUT2D eigenvalue weighted by atomic mass is 32.1. The van der Waals surface area contributed by atoms with Gasteiger partial charge in [0.25, 0.3) is 0 Å². The van der Waals surface area contributed by atoms with Gasteiger partial charge in [0.2, 0.25) is 0 Å². The van der Waals surface area contributed by atoms with Crippen LogP contribution >= 0.6 is 11.3 Å². The van der Waals surface area contributed by atoms with Crippen LogP contribution in [0.4, 0.5) is 5.13 Å². The van der Waals surface area contributed by atoms with Crippen LogP contribution in [0.1, 0.15) is 49.5 Å². The third-order valence-electron chi connectivity index (χ3n) is 5.10. The number of nitrogens with one attached hydrogen (secondary N) is 2. The zero-order chi connectivity index (χ0) is 20.9. The first-order valence-corrected chi connectivity index (χ1v) is 11.3. The lowest BCUT2D eigenvalue weighted by Crippen LogP contribution is -2.39. The van der Waals surface area contributed by atoms with Crippen molar-refractivity contribution in [2.75, 3.05) is 37.6 Å². The molecule has 29 heavy (non-hydrogen) atoms. The molecule has 0 aromatic carbocycles. The molecular formula is C21H33N5O2S. The first-order valence-electron chi connectivity index (χ1n) is 10.4. The second-order valence-electron chi connectivity index (χ2n) is 7.79. The highest BCUT2D eigenvalue weighted by Crippen LogP contribution is 2.27. The van der Waals surface area contributed by atoms with Gasteiger partial charge in [-0.05, 0) is 46.6 Å². The Hall–Kier alpha value is -2.06. The molecule has 1 aliphatic rings. The van der Waals surface area contributed by atoms with Gasteiger partial charge in [0.1, 0.15) is 17.1 Å². The highest BCUT2D eigenvalue weighted by Gasteiger charge is 2.27. The van der Waals surface area contributed by atoms with E-state index in [1.54, 1.807) is 18.3 Å². The van der Waals surface area contributed by atoms with Gasteiger partial charge in [0, 0.05) is 43.5 Å².